The van der Waals surface area contributed by atoms with E-state index in [1.807, 2.05) is 18.3 Å². The number of rotatable bonds is 6. The number of nitrogens with zero attached hydrogens (tertiary/aromatic N) is 3. The van der Waals surface area contributed by atoms with E-state index in [0.29, 0.717) is 12.1 Å². The van der Waals surface area contributed by atoms with Crippen molar-refractivity contribution in [1.82, 2.24) is 20.1 Å². The van der Waals surface area contributed by atoms with Gasteiger partial charge >= 0.3 is 0 Å². The quantitative estimate of drug-likeness (QED) is 0.591. The van der Waals surface area contributed by atoms with E-state index in [2.05, 4.69) is 15.4 Å². The molecule has 7 nitrogen and oxygen atoms in total. The Morgan fingerprint density at radius 1 is 1.28 bits per heavy atom. The zero-order valence-corrected chi connectivity index (χ0v) is 18.0. The molecule has 1 aromatic carbocycles. The summed E-state index contributed by atoms with van der Waals surface area (Å²) in [6.07, 6.45) is 8.74. The summed E-state index contributed by atoms with van der Waals surface area (Å²) in [4.78, 5) is 29.3. The highest BCUT2D eigenvalue weighted by Crippen LogP contribution is 2.42. The molecule has 0 unspecified atom stereocenters. The zero-order chi connectivity index (χ0) is 22.7. The molecule has 0 atom stereocenters. The van der Waals surface area contributed by atoms with Gasteiger partial charge in [-0.2, -0.15) is 5.10 Å². The summed E-state index contributed by atoms with van der Waals surface area (Å²) >= 11 is 5.77. The lowest BCUT2D eigenvalue weighted by molar-refractivity contribution is 0.0940. The molecule has 4 rings (SSSR count). The third-order valence-corrected chi connectivity index (χ3v) is 6.19. The molecule has 1 saturated carbocycles. The van der Waals surface area contributed by atoms with E-state index < -0.39 is 28.6 Å². The predicted octanol–water partition coefficient (Wildman–Crippen LogP) is 3.58. The lowest BCUT2D eigenvalue weighted by atomic mass is 9.79. The number of carbonyl (C=O) groups excluding carboxylic acids is 1. The number of hydrogen-bond donors (Lipinski definition) is 2. The van der Waals surface area contributed by atoms with E-state index >= 15 is 0 Å². The van der Waals surface area contributed by atoms with Crippen LogP contribution in [0.3, 0.4) is 0 Å². The lowest BCUT2D eigenvalue weighted by Gasteiger charge is -2.30. The summed E-state index contributed by atoms with van der Waals surface area (Å²) in [5, 5.41) is 16.9. The Balaban J connectivity index is 1.58. The first kappa shape index (κ1) is 22.0. The van der Waals surface area contributed by atoms with Crippen LogP contribution in [0.4, 0.5) is 4.39 Å². The second kappa shape index (κ2) is 9.08. The highest BCUT2D eigenvalue weighted by atomic mass is 35.5. The second-order valence-corrected chi connectivity index (χ2v) is 8.46. The van der Waals surface area contributed by atoms with Crippen molar-refractivity contribution >= 4 is 17.5 Å². The molecule has 2 aromatic heterocycles. The van der Waals surface area contributed by atoms with Crippen LogP contribution in [0.5, 0.6) is 5.75 Å². The van der Waals surface area contributed by atoms with Crippen LogP contribution in [0.25, 0.3) is 0 Å². The summed E-state index contributed by atoms with van der Waals surface area (Å²) in [6.45, 7) is 0.426. The molecule has 32 heavy (non-hydrogen) atoms. The Morgan fingerprint density at radius 2 is 2.06 bits per heavy atom. The largest absolute Gasteiger partial charge is 0.503 e. The van der Waals surface area contributed by atoms with Gasteiger partial charge in [-0.1, -0.05) is 36.6 Å². The molecule has 2 heterocycles. The van der Waals surface area contributed by atoms with Gasteiger partial charge in [0.15, 0.2) is 11.4 Å². The van der Waals surface area contributed by atoms with Gasteiger partial charge in [0.2, 0.25) is 0 Å². The molecule has 9 heteroatoms. The number of carbonyl (C=O) groups is 1. The van der Waals surface area contributed by atoms with E-state index in [9.17, 15) is 19.1 Å². The smallest absolute Gasteiger partial charge is 0.276 e. The first-order chi connectivity index (χ1) is 15.4. The number of hydrogen-bond acceptors (Lipinski definition) is 5. The minimum Gasteiger partial charge on any atom is -0.503 e. The number of aromatic nitrogens is 3. The molecule has 2 N–H and O–H groups in total. The Labute approximate surface area is 188 Å². The van der Waals surface area contributed by atoms with Gasteiger partial charge < -0.3 is 10.4 Å². The zero-order valence-electron chi connectivity index (χ0n) is 17.2. The SMILES string of the molecule is O=C(NCc1ccc(F)c(Cl)c1)c1nn(CC2(c3cccnc3)CCCC2)cc(O)c1=O. The fourth-order valence-corrected chi connectivity index (χ4v) is 4.45. The van der Waals surface area contributed by atoms with Gasteiger partial charge in [-0.05, 0) is 42.2 Å². The van der Waals surface area contributed by atoms with E-state index in [4.69, 9.17) is 11.6 Å². The average molecular weight is 457 g/mol. The summed E-state index contributed by atoms with van der Waals surface area (Å²) in [5.74, 6) is -1.84. The van der Waals surface area contributed by atoms with Gasteiger partial charge in [-0.25, -0.2) is 4.39 Å². The molecule has 1 amide bonds. The third kappa shape index (κ3) is 4.50. The van der Waals surface area contributed by atoms with Crippen LogP contribution in [0.15, 0.2) is 53.7 Å². The van der Waals surface area contributed by atoms with Gasteiger partial charge in [0, 0.05) is 24.4 Å². The molecule has 0 spiro atoms. The number of amides is 1. The fraction of sp³-hybridized carbons (Fsp3) is 0.304. The molecule has 166 valence electrons. The van der Waals surface area contributed by atoms with Crippen molar-refractivity contribution < 1.29 is 14.3 Å². The van der Waals surface area contributed by atoms with Gasteiger partial charge in [0.25, 0.3) is 11.3 Å². The Hall–Kier alpha value is -3.26. The normalized spacial score (nSPS) is 14.9. The molecule has 1 aliphatic carbocycles. The van der Waals surface area contributed by atoms with Crippen molar-refractivity contribution in [2.75, 3.05) is 0 Å². The van der Waals surface area contributed by atoms with Crippen molar-refractivity contribution in [2.24, 2.45) is 0 Å². The molecule has 0 saturated heterocycles. The Morgan fingerprint density at radius 3 is 2.75 bits per heavy atom. The maximum atomic E-state index is 13.3. The highest BCUT2D eigenvalue weighted by Gasteiger charge is 2.36. The molecule has 0 bridgehead atoms. The maximum Gasteiger partial charge on any atom is 0.276 e. The van der Waals surface area contributed by atoms with Crippen LogP contribution in [0.2, 0.25) is 5.02 Å². The third-order valence-electron chi connectivity index (χ3n) is 5.90. The first-order valence-electron chi connectivity index (χ1n) is 10.3. The lowest BCUT2D eigenvalue weighted by Crippen LogP contribution is -2.34. The van der Waals surface area contributed by atoms with Crippen molar-refractivity contribution in [3.63, 3.8) is 0 Å². The van der Waals surface area contributed by atoms with Crippen LogP contribution in [0.1, 0.15) is 47.3 Å². The summed E-state index contributed by atoms with van der Waals surface area (Å²) in [6, 6.07) is 7.97. The van der Waals surface area contributed by atoms with Gasteiger partial charge in [-0.15, -0.1) is 0 Å². The van der Waals surface area contributed by atoms with E-state index in [1.165, 1.54) is 29.1 Å². The standard InChI is InChI=1S/C23H22ClFN4O3/c24-17-10-15(5-6-18(17)25)11-27-22(32)20-21(31)19(30)13-29(28-20)14-23(7-1-2-8-23)16-4-3-9-26-12-16/h3-6,9-10,12-13,30H,1-2,7-8,11,14H2,(H,27,32). The molecule has 1 aliphatic rings. The first-order valence-corrected chi connectivity index (χ1v) is 10.7. The number of benzene rings is 1. The van der Waals surface area contributed by atoms with Gasteiger partial charge in [-0.3, -0.25) is 19.3 Å². The minimum absolute atomic E-state index is 0.0230. The monoisotopic (exact) mass is 456 g/mol. The van der Waals surface area contributed by atoms with Crippen LogP contribution in [-0.4, -0.2) is 25.8 Å². The minimum atomic E-state index is -0.849. The molecular weight excluding hydrogens is 435 g/mol. The summed E-state index contributed by atoms with van der Waals surface area (Å²) in [5.41, 5.74) is 0.139. The van der Waals surface area contributed by atoms with Gasteiger partial charge in [0.1, 0.15) is 5.82 Å². The molecule has 0 radical (unpaired) electrons. The van der Waals surface area contributed by atoms with Gasteiger partial charge in [0.05, 0.1) is 17.8 Å². The van der Waals surface area contributed by atoms with E-state index in [-0.39, 0.29) is 17.0 Å². The number of halogens is 2. The topological polar surface area (TPSA) is 97.1 Å². The molecule has 3 aromatic rings. The number of aromatic hydroxyl groups is 1. The molecular formula is C23H22ClFN4O3. The number of nitrogens with one attached hydrogen (secondary N) is 1. The Bertz CT molecular complexity index is 1190. The molecule has 0 aliphatic heterocycles. The van der Waals surface area contributed by atoms with Crippen molar-refractivity contribution in [1.29, 1.82) is 0 Å². The number of pyridine rings is 1. The summed E-state index contributed by atoms with van der Waals surface area (Å²) < 4.78 is 14.8. The van der Waals surface area contributed by atoms with Crippen LogP contribution < -0.4 is 10.7 Å². The van der Waals surface area contributed by atoms with Crippen LogP contribution in [0, 0.1) is 5.82 Å². The average Bonchev–Trinajstić information content (AvgIpc) is 3.27. The Kier molecular flexibility index (Phi) is 6.23. The maximum absolute atomic E-state index is 13.3. The van der Waals surface area contributed by atoms with Crippen LogP contribution >= 0.6 is 11.6 Å². The van der Waals surface area contributed by atoms with Crippen molar-refractivity contribution in [3.05, 3.63) is 86.8 Å². The van der Waals surface area contributed by atoms with Crippen molar-refractivity contribution in [2.45, 2.75) is 44.2 Å². The molecule has 1 fully saturated rings. The summed E-state index contributed by atoms with van der Waals surface area (Å²) in [7, 11) is 0. The van der Waals surface area contributed by atoms with E-state index in [1.54, 1.807) is 6.20 Å². The van der Waals surface area contributed by atoms with E-state index in [0.717, 1.165) is 31.2 Å². The predicted molar refractivity (Wildman–Crippen MR) is 117 cm³/mol. The second-order valence-electron chi connectivity index (χ2n) is 8.05. The van der Waals surface area contributed by atoms with Crippen LogP contribution in [-0.2, 0) is 18.5 Å². The highest BCUT2D eigenvalue weighted by molar-refractivity contribution is 6.30. The fourth-order valence-electron chi connectivity index (χ4n) is 4.25. The van der Waals surface area contributed by atoms with Crippen molar-refractivity contribution in [3.8, 4) is 5.75 Å².